The summed E-state index contributed by atoms with van der Waals surface area (Å²) in [5.74, 6) is 2.35. The van der Waals surface area contributed by atoms with Crippen LogP contribution in [0.15, 0.2) is 24.3 Å². The van der Waals surface area contributed by atoms with Crippen molar-refractivity contribution in [2.45, 2.75) is 43.9 Å². The first-order chi connectivity index (χ1) is 14.6. The standard InChI is InChI=1S/C21H26N4O4S/c1-14-4-2-5-15(8-14)29-11-20(27)23-21-17-12-30-13-18(17)24-25(21)10-19(26)22-9-16-6-3-7-28-16/h2,4-5,8,16H,3,6-7,9-13H2,1H3,(H,22,26)(H,23,27). The van der Waals surface area contributed by atoms with Crippen LogP contribution in [0.25, 0.3) is 0 Å². The number of nitrogens with one attached hydrogen (secondary N) is 2. The molecule has 0 bridgehead atoms. The molecule has 2 aliphatic rings. The van der Waals surface area contributed by atoms with E-state index in [1.807, 2.05) is 31.2 Å². The Bertz CT molecular complexity index is 924. The predicted octanol–water partition coefficient (Wildman–Crippen LogP) is 2.25. The van der Waals surface area contributed by atoms with Crippen molar-refractivity contribution in [3.05, 3.63) is 41.1 Å². The van der Waals surface area contributed by atoms with Crippen molar-refractivity contribution in [1.82, 2.24) is 15.1 Å². The van der Waals surface area contributed by atoms with E-state index < -0.39 is 0 Å². The van der Waals surface area contributed by atoms with Crippen LogP contribution in [0.4, 0.5) is 5.82 Å². The summed E-state index contributed by atoms with van der Waals surface area (Å²) >= 11 is 1.74. The Labute approximate surface area is 179 Å². The van der Waals surface area contributed by atoms with Gasteiger partial charge in [0.25, 0.3) is 5.91 Å². The number of thioether (sulfide) groups is 1. The number of carbonyl (C=O) groups excluding carboxylic acids is 2. The molecule has 3 heterocycles. The van der Waals surface area contributed by atoms with Crippen molar-refractivity contribution in [3.8, 4) is 5.75 Å². The average Bonchev–Trinajstić information content (AvgIpc) is 3.45. The third-order valence-electron chi connectivity index (χ3n) is 5.08. The van der Waals surface area contributed by atoms with E-state index in [2.05, 4.69) is 15.7 Å². The molecule has 1 fully saturated rings. The quantitative estimate of drug-likeness (QED) is 0.667. The minimum absolute atomic E-state index is 0.0543. The zero-order valence-corrected chi connectivity index (χ0v) is 17.8. The number of benzene rings is 1. The van der Waals surface area contributed by atoms with Crippen LogP contribution in [0.5, 0.6) is 5.75 Å². The molecule has 1 saturated heterocycles. The second-order valence-corrected chi connectivity index (χ2v) is 8.50. The van der Waals surface area contributed by atoms with Crippen molar-refractivity contribution in [2.24, 2.45) is 0 Å². The SMILES string of the molecule is Cc1cccc(OCC(=O)Nc2c3c(nn2CC(=O)NCC2CCCO2)CSC3)c1. The van der Waals surface area contributed by atoms with Crippen LogP contribution < -0.4 is 15.4 Å². The minimum Gasteiger partial charge on any atom is -0.484 e. The molecule has 1 aromatic carbocycles. The van der Waals surface area contributed by atoms with E-state index in [4.69, 9.17) is 9.47 Å². The van der Waals surface area contributed by atoms with Gasteiger partial charge < -0.3 is 20.1 Å². The lowest BCUT2D eigenvalue weighted by Gasteiger charge is -2.13. The molecule has 4 rings (SSSR count). The molecule has 160 valence electrons. The number of amides is 2. The fourth-order valence-electron chi connectivity index (χ4n) is 3.57. The number of anilines is 1. The summed E-state index contributed by atoms with van der Waals surface area (Å²) in [6.45, 7) is 3.17. The molecule has 9 heteroatoms. The lowest BCUT2D eigenvalue weighted by Crippen LogP contribution is -2.35. The Hall–Kier alpha value is -2.52. The second kappa shape index (κ2) is 9.53. The molecular weight excluding hydrogens is 404 g/mol. The van der Waals surface area contributed by atoms with Crippen LogP contribution in [-0.4, -0.2) is 47.5 Å². The van der Waals surface area contributed by atoms with Crippen molar-refractivity contribution in [3.63, 3.8) is 0 Å². The molecule has 0 saturated carbocycles. The molecule has 0 radical (unpaired) electrons. The summed E-state index contributed by atoms with van der Waals surface area (Å²) in [6, 6.07) is 7.55. The number of ether oxygens (including phenoxy) is 2. The molecule has 2 aromatic rings. The molecular formula is C21H26N4O4S. The molecule has 2 N–H and O–H groups in total. The number of carbonyl (C=O) groups is 2. The lowest BCUT2D eigenvalue weighted by molar-refractivity contribution is -0.122. The van der Waals surface area contributed by atoms with Crippen molar-refractivity contribution >= 4 is 29.4 Å². The van der Waals surface area contributed by atoms with Crippen LogP contribution in [0, 0.1) is 6.92 Å². The van der Waals surface area contributed by atoms with Crippen molar-refractivity contribution in [1.29, 1.82) is 0 Å². The number of hydrogen-bond acceptors (Lipinski definition) is 6. The van der Waals surface area contributed by atoms with Gasteiger partial charge in [-0.1, -0.05) is 12.1 Å². The van der Waals surface area contributed by atoms with E-state index in [1.54, 1.807) is 16.4 Å². The number of hydrogen-bond donors (Lipinski definition) is 2. The Kier molecular flexibility index (Phi) is 6.59. The van der Waals surface area contributed by atoms with Crippen molar-refractivity contribution in [2.75, 3.05) is 25.1 Å². The maximum atomic E-state index is 12.5. The van der Waals surface area contributed by atoms with Gasteiger partial charge in [0, 0.05) is 30.2 Å². The van der Waals surface area contributed by atoms with E-state index in [0.717, 1.165) is 47.8 Å². The summed E-state index contributed by atoms with van der Waals surface area (Å²) in [7, 11) is 0. The van der Waals surface area contributed by atoms with Gasteiger partial charge in [-0.15, -0.1) is 0 Å². The monoisotopic (exact) mass is 430 g/mol. The van der Waals surface area contributed by atoms with Crippen LogP contribution in [0.2, 0.25) is 0 Å². The van der Waals surface area contributed by atoms with Gasteiger partial charge in [0.05, 0.1) is 11.8 Å². The van der Waals surface area contributed by atoms with Gasteiger partial charge in [-0.3, -0.25) is 9.59 Å². The summed E-state index contributed by atoms with van der Waals surface area (Å²) in [5.41, 5.74) is 2.97. The zero-order chi connectivity index (χ0) is 20.9. The molecule has 0 spiro atoms. The van der Waals surface area contributed by atoms with E-state index in [-0.39, 0.29) is 31.1 Å². The Morgan fingerprint density at radius 1 is 1.33 bits per heavy atom. The van der Waals surface area contributed by atoms with E-state index in [9.17, 15) is 9.59 Å². The fourth-order valence-corrected chi connectivity index (χ4v) is 4.60. The molecule has 2 aliphatic heterocycles. The molecule has 1 unspecified atom stereocenters. The fraction of sp³-hybridized carbons (Fsp3) is 0.476. The number of aromatic nitrogens is 2. The van der Waals surface area contributed by atoms with Crippen LogP contribution in [0.1, 0.15) is 29.7 Å². The van der Waals surface area contributed by atoms with Gasteiger partial charge in [-0.2, -0.15) is 16.9 Å². The molecule has 2 amide bonds. The normalized spacial score (nSPS) is 17.6. The largest absolute Gasteiger partial charge is 0.484 e. The lowest BCUT2D eigenvalue weighted by atomic mass is 10.2. The Balaban J connectivity index is 1.37. The molecule has 1 atom stereocenters. The van der Waals surface area contributed by atoms with E-state index in [0.29, 0.717) is 18.1 Å². The first kappa shape index (κ1) is 20.7. The number of nitrogens with zero attached hydrogens (tertiary/aromatic N) is 2. The summed E-state index contributed by atoms with van der Waals surface area (Å²) in [4.78, 5) is 24.9. The Morgan fingerprint density at radius 2 is 2.23 bits per heavy atom. The van der Waals surface area contributed by atoms with E-state index >= 15 is 0 Å². The van der Waals surface area contributed by atoms with Gasteiger partial charge in [-0.25, -0.2) is 4.68 Å². The Morgan fingerprint density at radius 3 is 3.03 bits per heavy atom. The van der Waals surface area contributed by atoms with Crippen molar-refractivity contribution < 1.29 is 19.1 Å². The van der Waals surface area contributed by atoms with Crippen LogP contribution >= 0.6 is 11.8 Å². The third kappa shape index (κ3) is 5.14. The zero-order valence-electron chi connectivity index (χ0n) is 17.0. The first-order valence-corrected chi connectivity index (χ1v) is 11.3. The molecule has 30 heavy (non-hydrogen) atoms. The van der Waals surface area contributed by atoms with Crippen LogP contribution in [-0.2, 0) is 32.4 Å². The highest BCUT2D eigenvalue weighted by molar-refractivity contribution is 7.98. The topological polar surface area (TPSA) is 94.5 Å². The maximum Gasteiger partial charge on any atom is 0.263 e. The summed E-state index contributed by atoms with van der Waals surface area (Å²) < 4.78 is 12.7. The molecule has 8 nitrogen and oxygen atoms in total. The maximum absolute atomic E-state index is 12.5. The van der Waals surface area contributed by atoms with Gasteiger partial charge in [-0.05, 0) is 37.5 Å². The summed E-state index contributed by atoms with van der Waals surface area (Å²) in [6.07, 6.45) is 2.09. The second-order valence-electron chi connectivity index (χ2n) is 7.52. The van der Waals surface area contributed by atoms with Gasteiger partial charge in [0.15, 0.2) is 6.61 Å². The first-order valence-electron chi connectivity index (χ1n) is 10.1. The highest BCUT2D eigenvalue weighted by atomic mass is 32.2. The highest BCUT2D eigenvalue weighted by Crippen LogP contribution is 2.34. The minimum atomic E-state index is -0.280. The number of aryl methyl sites for hydroxylation is 1. The van der Waals surface area contributed by atoms with Crippen LogP contribution in [0.3, 0.4) is 0 Å². The predicted molar refractivity (Wildman–Crippen MR) is 115 cm³/mol. The summed E-state index contributed by atoms with van der Waals surface area (Å²) in [5, 5.41) is 10.3. The number of rotatable bonds is 8. The van der Waals surface area contributed by atoms with Gasteiger partial charge in [0.2, 0.25) is 5.91 Å². The number of fused-ring (bicyclic) bond motifs is 1. The molecule has 0 aliphatic carbocycles. The van der Waals surface area contributed by atoms with Gasteiger partial charge in [0.1, 0.15) is 18.1 Å². The van der Waals surface area contributed by atoms with E-state index in [1.165, 1.54) is 0 Å². The smallest absolute Gasteiger partial charge is 0.263 e. The third-order valence-corrected chi connectivity index (χ3v) is 6.05. The van der Waals surface area contributed by atoms with Gasteiger partial charge >= 0.3 is 0 Å². The average molecular weight is 431 g/mol. The molecule has 1 aromatic heterocycles. The highest BCUT2D eigenvalue weighted by Gasteiger charge is 2.25.